The van der Waals surface area contributed by atoms with Gasteiger partial charge in [0.2, 0.25) is 0 Å². The summed E-state index contributed by atoms with van der Waals surface area (Å²) in [6.45, 7) is 0. The van der Waals surface area contributed by atoms with E-state index < -0.39 is 0 Å². The number of hydrogen-bond donors (Lipinski definition) is 0. The Kier molecular flexibility index (Phi) is 2.84. The maximum Gasteiger partial charge on any atom is 0.138 e. The van der Waals surface area contributed by atoms with Crippen molar-refractivity contribution in [2.75, 3.05) is 7.11 Å². The first-order valence-electron chi connectivity index (χ1n) is 4.29. The Morgan fingerprint density at radius 1 is 1.36 bits per heavy atom. The van der Waals surface area contributed by atoms with E-state index >= 15 is 0 Å². The predicted octanol–water partition coefficient (Wildman–Crippen LogP) is 4.45. The molecule has 1 aliphatic rings. The molecule has 0 amide bonds. The van der Waals surface area contributed by atoms with Gasteiger partial charge in [-0.15, -0.1) is 11.6 Å². The maximum absolute atomic E-state index is 6.38. The van der Waals surface area contributed by atoms with Gasteiger partial charge in [0.05, 0.1) is 16.5 Å². The zero-order valence-electron chi connectivity index (χ0n) is 7.61. The second-order valence-corrected chi connectivity index (χ2v) is 5.93. The number of halogens is 3. The van der Waals surface area contributed by atoms with E-state index in [-0.39, 0.29) is 4.87 Å². The molecule has 1 saturated carbocycles. The van der Waals surface area contributed by atoms with Crippen molar-refractivity contribution in [1.29, 1.82) is 0 Å². The molecule has 1 aromatic carbocycles. The zero-order valence-corrected chi connectivity index (χ0v) is 11.5. The fourth-order valence-electron chi connectivity index (χ4n) is 1.48. The largest absolute Gasteiger partial charge is 0.495 e. The van der Waals surface area contributed by atoms with Gasteiger partial charge in [-0.2, -0.15) is 0 Å². The van der Waals surface area contributed by atoms with E-state index in [4.69, 9.17) is 16.3 Å². The lowest BCUT2D eigenvalue weighted by molar-refractivity contribution is 0.406. The molecule has 0 heterocycles. The third-order valence-electron chi connectivity index (χ3n) is 2.38. The van der Waals surface area contributed by atoms with Crippen LogP contribution in [0.3, 0.4) is 0 Å². The summed E-state index contributed by atoms with van der Waals surface area (Å²) in [5, 5.41) is 0. The summed E-state index contributed by atoms with van der Waals surface area (Å²) in [6, 6.07) is 3.99. The van der Waals surface area contributed by atoms with Crippen LogP contribution in [0, 0.1) is 0 Å². The highest BCUT2D eigenvalue weighted by molar-refractivity contribution is 9.11. The van der Waals surface area contributed by atoms with Crippen molar-refractivity contribution in [3.63, 3.8) is 0 Å². The second-order valence-electron chi connectivity index (χ2n) is 3.43. The minimum absolute atomic E-state index is 0.197. The van der Waals surface area contributed by atoms with Crippen molar-refractivity contribution in [3.05, 3.63) is 26.6 Å². The van der Waals surface area contributed by atoms with Gasteiger partial charge >= 0.3 is 0 Å². The molecule has 0 aliphatic heterocycles. The highest BCUT2D eigenvalue weighted by Crippen LogP contribution is 2.56. The molecule has 14 heavy (non-hydrogen) atoms. The molecule has 1 aromatic rings. The minimum atomic E-state index is -0.197. The van der Waals surface area contributed by atoms with Crippen LogP contribution in [-0.4, -0.2) is 7.11 Å². The van der Waals surface area contributed by atoms with Crippen LogP contribution in [0.1, 0.15) is 18.4 Å². The molecule has 0 atom stereocenters. The van der Waals surface area contributed by atoms with Crippen molar-refractivity contribution in [1.82, 2.24) is 0 Å². The van der Waals surface area contributed by atoms with Gasteiger partial charge in [-0.05, 0) is 40.9 Å². The lowest BCUT2D eigenvalue weighted by atomic mass is 10.1. The smallest absolute Gasteiger partial charge is 0.138 e. The molecule has 0 spiro atoms. The summed E-state index contributed by atoms with van der Waals surface area (Å²) in [4.78, 5) is -0.197. The Morgan fingerprint density at radius 2 is 2.00 bits per heavy atom. The van der Waals surface area contributed by atoms with Crippen molar-refractivity contribution in [3.8, 4) is 5.75 Å². The summed E-state index contributed by atoms with van der Waals surface area (Å²) >= 11 is 13.3. The first-order valence-corrected chi connectivity index (χ1v) is 6.26. The quantitative estimate of drug-likeness (QED) is 0.723. The highest BCUT2D eigenvalue weighted by Gasteiger charge is 2.44. The molecule has 0 unspecified atom stereocenters. The van der Waals surface area contributed by atoms with Crippen molar-refractivity contribution >= 4 is 43.5 Å². The number of hydrogen-bond acceptors (Lipinski definition) is 1. The summed E-state index contributed by atoms with van der Waals surface area (Å²) in [6.07, 6.45) is 2.04. The van der Waals surface area contributed by atoms with Gasteiger partial charge in [0, 0.05) is 10.0 Å². The van der Waals surface area contributed by atoms with Crippen LogP contribution in [0.15, 0.2) is 21.1 Å². The number of methoxy groups -OCH3 is 1. The molecule has 1 fully saturated rings. The van der Waals surface area contributed by atoms with Gasteiger partial charge in [0.25, 0.3) is 0 Å². The monoisotopic (exact) mass is 338 g/mol. The lowest BCUT2D eigenvalue weighted by Crippen LogP contribution is -2.01. The van der Waals surface area contributed by atoms with Crippen LogP contribution in [-0.2, 0) is 4.87 Å². The fourth-order valence-corrected chi connectivity index (χ4v) is 3.10. The lowest BCUT2D eigenvalue weighted by Gasteiger charge is -2.14. The third-order valence-corrected chi connectivity index (χ3v) is 4.01. The minimum Gasteiger partial charge on any atom is -0.495 e. The molecule has 4 heteroatoms. The fraction of sp³-hybridized carbons (Fsp3) is 0.400. The molecule has 2 rings (SSSR count). The molecule has 1 aliphatic carbocycles. The Hall–Kier alpha value is 0.270. The van der Waals surface area contributed by atoms with Crippen LogP contribution in [0.2, 0.25) is 0 Å². The molecule has 0 aromatic heterocycles. The van der Waals surface area contributed by atoms with E-state index in [1.165, 1.54) is 0 Å². The number of alkyl halides is 1. The SMILES string of the molecule is COc1c(Br)cc(Br)cc1C1(Cl)CC1. The van der Waals surface area contributed by atoms with E-state index in [1.54, 1.807) is 7.11 Å². The van der Waals surface area contributed by atoms with E-state index in [0.29, 0.717) is 0 Å². The van der Waals surface area contributed by atoms with Gasteiger partial charge in [0.15, 0.2) is 0 Å². The molecule has 1 nitrogen and oxygen atoms in total. The molecule has 76 valence electrons. The topological polar surface area (TPSA) is 9.23 Å². The standard InChI is InChI=1S/C10H9Br2ClO/c1-14-9-7(10(13)2-3-10)4-6(11)5-8(9)12/h4-5H,2-3H2,1H3. The maximum atomic E-state index is 6.38. The molecular weight excluding hydrogens is 331 g/mol. The Labute approximate surface area is 105 Å². The van der Waals surface area contributed by atoms with Crippen molar-refractivity contribution < 1.29 is 4.74 Å². The first-order chi connectivity index (χ1) is 6.57. The Balaban J connectivity index is 2.56. The number of ether oxygens (including phenoxy) is 1. The second kappa shape index (κ2) is 3.69. The van der Waals surface area contributed by atoms with Crippen molar-refractivity contribution in [2.24, 2.45) is 0 Å². The van der Waals surface area contributed by atoms with Gasteiger partial charge in [-0.3, -0.25) is 0 Å². The molecule has 0 bridgehead atoms. The molecular formula is C10H9Br2ClO. The van der Waals surface area contributed by atoms with E-state index in [9.17, 15) is 0 Å². The van der Waals surface area contributed by atoms with Gasteiger partial charge in [-0.25, -0.2) is 0 Å². The first kappa shape index (κ1) is 10.8. The van der Waals surface area contributed by atoms with Crippen LogP contribution in [0.5, 0.6) is 5.75 Å². The summed E-state index contributed by atoms with van der Waals surface area (Å²) < 4.78 is 7.31. The zero-order chi connectivity index (χ0) is 10.3. The average Bonchev–Trinajstić information content (AvgIpc) is 2.84. The Morgan fingerprint density at radius 3 is 2.50 bits per heavy atom. The average molecular weight is 340 g/mol. The predicted molar refractivity (Wildman–Crippen MR) is 65.2 cm³/mol. The van der Waals surface area contributed by atoms with Gasteiger partial charge in [0.1, 0.15) is 5.75 Å². The molecule has 0 saturated heterocycles. The van der Waals surface area contributed by atoms with Crippen LogP contribution < -0.4 is 4.74 Å². The Bertz CT molecular complexity index is 375. The van der Waals surface area contributed by atoms with Crippen LogP contribution >= 0.6 is 43.5 Å². The van der Waals surface area contributed by atoms with Crippen molar-refractivity contribution in [2.45, 2.75) is 17.7 Å². The van der Waals surface area contributed by atoms with Gasteiger partial charge in [-0.1, -0.05) is 15.9 Å². The van der Waals surface area contributed by atoms with E-state index in [0.717, 1.165) is 33.1 Å². The number of rotatable bonds is 2. The van der Waals surface area contributed by atoms with Crippen LogP contribution in [0.25, 0.3) is 0 Å². The van der Waals surface area contributed by atoms with Crippen LogP contribution in [0.4, 0.5) is 0 Å². The summed E-state index contributed by atoms with van der Waals surface area (Å²) in [5.41, 5.74) is 1.07. The highest BCUT2D eigenvalue weighted by atomic mass is 79.9. The van der Waals surface area contributed by atoms with Gasteiger partial charge < -0.3 is 4.74 Å². The number of benzene rings is 1. The van der Waals surface area contributed by atoms with E-state index in [1.807, 2.05) is 12.1 Å². The molecule has 0 N–H and O–H groups in total. The normalized spacial score (nSPS) is 18.0. The van der Waals surface area contributed by atoms with E-state index in [2.05, 4.69) is 31.9 Å². The summed E-state index contributed by atoms with van der Waals surface area (Å²) in [5.74, 6) is 0.848. The molecule has 0 radical (unpaired) electrons. The third kappa shape index (κ3) is 1.82. The summed E-state index contributed by atoms with van der Waals surface area (Å²) in [7, 11) is 1.67.